The summed E-state index contributed by atoms with van der Waals surface area (Å²) in [5.41, 5.74) is 6.00. The van der Waals surface area contributed by atoms with Gasteiger partial charge in [-0.25, -0.2) is 0 Å². The van der Waals surface area contributed by atoms with E-state index in [1.165, 1.54) is 0 Å². The second-order valence-corrected chi connectivity index (χ2v) is 1.73. The summed E-state index contributed by atoms with van der Waals surface area (Å²) >= 11 is 0. The van der Waals surface area contributed by atoms with E-state index in [9.17, 15) is 0 Å². The van der Waals surface area contributed by atoms with Crippen LogP contribution in [0.2, 0.25) is 0 Å². The predicted molar refractivity (Wildman–Crippen MR) is 28.2 cm³/mol. The van der Waals surface area contributed by atoms with Gasteiger partial charge in [0.15, 0.2) is 0 Å². The van der Waals surface area contributed by atoms with Crippen LogP contribution in [0.25, 0.3) is 0 Å². The molecule has 36 valence electrons. The van der Waals surface area contributed by atoms with E-state index in [4.69, 9.17) is 5.73 Å². The molecule has 0 aromatic rings. The third-order valence-corrected chi connectivity index (χ3v) is 0.742. The van der Waals surface area contributed by atoms with Gasteiger partial charge >= 0.3 is 0 Å². The van der Waals surface area contributed by atoms with Crippen LogP contribution in [-0.2, 0) is 0 Å². The molecule has 0 aliphatic rings. The summed E-state index contributed by atoms with van der Waals surface area (Å²) in [6.07, 6.45) is 0. The third-order valence-electron chi connectivity index (χ3n) is 0.742. The lowest BCUT2D eigenvalue weighted by Gasteiger charge is -1.98. The minimum Gasteiger partial charge on any atom is -0.402 e. The summed E-state index contributed by atoms with van der Waals surface area (Å²) in [5, 5.41) is 0. The molecule has 1 nitrogen and oxygen atoms in total. The van der Waals surface area contributed by atoms with Gasteiger partial charge in [-0.1, -0.05) is 20.4 Å². The fraction of sp³-hybridized carbons (Fsp3) is 0.600. The Balaban J connectivity index is 3.26. The van der Waals surface area contributed by atoms with Crippen molar-refractivity contribution in [3.63, 3.8) is 0 Å². The summed E-state index contributed by atoms with van der Waals surface area (Å²) in [6, 6.07) is 0. The van der Waals surface area contributed by atoms with E-state index in [1.54, 1.807) is 0 Å². The SMILES string of the molecule is C=C(N)C(C)C. The van der Waals surface area contributed by atoms with Crippen molar-refractivity contribution in [2.24, 2.45) is 11.7 Å². The Labute approximate surface area is 38.8 Å². The van der Waals surface area contributed by atoms with Crippen molar-refractivity contribution in [3.8, 4) is 0 Å². The second-order valence-electron chi connectivity index (χ2n) is 1.73. The number of allylic oxidation sites excluding steroid dienone is 1. The zero-order valence-corrected chi connectivity index (χ0v) is 4.36. The first-order valence-electron chi connectivity index (χ1n) is 2.09. The molecule has 0 amide bonds. The zero-order valence-electron chi connectivity index (χ0n) is 4.36. The summed E-state index contributed by atoms with van der Waals surface area (Å²) in [6.45, 7) is 7.56. The average molecular weight is 85.1 g/mol. The normalized spacial score (nSPS) is 9.17. The van der Waals surface area contributed by atoms with Crippen molar-refractivity contribution in [2.75, 3.05) is 0 Å². The minimum absolute atomic E-state index is 0.435. The molecule has 2 N–H and O–H groups in total. The smallest absolute Gasteiger partial charge is 0.00334 e. The molecule has 0 aliphatic carbocycles. The van der Waals surface area contributed by atoms with Crippen LogP contribution in [0.1, 0.15) is 13.8 Å². The van der Waals surface area contributed by atoms with E-state index in [2.05, 4.69) is 6.58 Å². The van der Waals surface area contributed by atoms with Crippen LogP contribution in [0.3, 0.4) is 0 Å². The van der Waals surface area contributed by atoms with Gasteiger partial charge in [0.25, 0.3) is 0 Å². The van der Waals surface area contributed by atoms with Crippen LogP contribution in [0.5, 0.6) is 0 Å². The highest BCUT2D eigenvalue weighted by Gasteiger charge is 1.88. The highest BCUT2D eigenvalue weighted by atomic mass is 14.6. The largest absolute Gasteiger partial charge is 0.402 e. The van der Waals surface area contributed by atoms with Crippen LogP contribution in [0, 0.1) is 5.92 Å². The van der Waals surface area contributed by atoms with Gasteiger partial charge < -0.3 is 5.73 Å². The van der Waals surface area contributed by atoms with Gasteiger partial charge in [0.2, 0.25) is 0 Å². The lowest BCUT2D eigenvalue weighted by molar-refractivity contribution is 0.761. The van der Waals surface area contributed by atoms with Crippen molar-refractivity contribution in [3.05, 3.63) is 12.3 Å². The van der Waals surface area contributed by atoms with Crippen molar-refractivity contribution >= 4 is 0 Å². The van der Waals surface area contributed by atoms with Gasteiger partial charge in [0, 0.05) is 5.70 Å². The van der Waals surface area contributed by atoms with Gasteiger partial charge in [-0.2, -0.15) is 0 Å². The van der Waals surface area contributed by atoms with Gasteiger partial charge in [-0.3, -0.25) is 0 Å². The van der Waals surface area contributed by atoms with Crippen LogP contribution in [0.15, 0.2) is 12.3 Å². The van der Waals surface area contributed by atoms with Gasteiger partial charge in [-0.15, -0.1) is 0 Å². The summed E-state index contributed by atoms with van der Waals surface area (Å²) in [7, 11) is 0. The van der Waals surface area contributed by atoms with Crippen molar-refractivity contribution < 1.29 is 0 Å². The number of hydrogen-bond donors (Lipinski definition) is 1. The molecule has 0 aliphatic heterocycles. The van der Waals surface area contributed by atoms with E-state index >= 15 is 0 Å². The Kier molecular flexibility index (Phi) is 1.71. The van der Waals surface area contributed by atoms with Gasteiger partial charge in [-0.05, 0) is 5.92 Å². The maximum atomic E-state index is 5.24. The summed E-state index contributed by atoms with van der Waals surface area (Å²) in [4.78, 5) is 0. The maximum absolute atomic E-state index is 5.24. The Morgan fingerprint density at radius 1 is 1.67 bits per heavy atom. The summed E-state index contributed by atoms with van der Waals surface area (Å²) in [5.74, 6) is 0.435. The highest BCUT2D eigenvalue weighted by Crippen LogP contribution is 1.95. The highest BCUT2D eigenvalue weighted by molar-refractivity contribution is 4.88. The Hall–Kier alpha value is -0.460. The number of rotatable bonds is 1. The Morgan fingerprint density at radius 3 is 1.83 bits per heavy atom. The molecule has 0 rings (SSSR count). The van der Waals surface area contributed by atoms with E-state index in [0.29, 0.717) is 5.92 Å². The first-order chi connectivity index (χ1) is 2.64. The van der Waals surface area contributed by atoms with Crippen LogP contribution >= 0.6 is 0 Å². The lowest BCUT2D eigenvalue weighted by Crippen LogP contribution is -2.01. The van der Waals surface area contributed by atoms with Crippen LogP contribution < -0.4 is 5.73 Å². The number of hydrogen-bond acceptors (Lipinski definition) is 1. The Bertz CT molecular complexity index is 55.0. The molecule has 0 unspecified atom stereocenters. The molecule has 0 fully saturated rings. The molecule has 0 aromatic heterocycles. The molecule has 0 saturated carbocycles. The molecular formula is C5H11N. The summed E-state index contributed by atoms with van der Waals surface area (Å²) < 4.78 is 0. The molecular weight excluding hydrogens is 74.1 g/mol. The molecule has 0 heterocycles. The zero-order chi connectivity index (χ0) is 5.15. The standard InChI is InChI=1S/C5H11N/c1-4(2)5(3)6/h4H,3,6H2,1-2H3. The van der Waals surface area contributed by atoms with Crippen molar-refractivity contribution in [1.29, 1.82) is 0 Å². The predicted octanol–water partition coefficient (Wildman–Crippen LogP) is 1.11. The van der Waals surface area contributed by atoms with Gasteiger partial charge in [0.1, 0.15) is 0 Å². The Morgan fingerprint density at radius 2 is 1.83 bits per heavy atom. The first kappa shape index (κ1) is 5.54. The van der Waals surface area contributed by atoms with Crippen molar-refractivity contribution in [1.82, 2.24) is 0 Å². The van der Waals surface area contributed by atoms with E-state index in [-0.39, 0.29) is 0 Å². The topological polar surface area (TPSA) is 26.0 Å². The molecule has 0 radical (unpaired) electrons. The number of nitrogens with two attached hydrogens (primary N) is 1. The fourth-order valence-corrected chi connectivity index (χ4v) is 0. The molecule has 6 heavy (non-hydrogen) atoms. The van der Waals surface area contributed by atoms with E-state index < -0.39 is 0 Å². The van der Waals surface area contributed by atoms with E-state index in [0.717, 1.165) is 5.70 Å². The molecule has 0 bridgehead atoms. The lowest BCUT2D eigenvalue weighted by atomic mass is 10.2. The maximum Gasteiger partial charge on any atom is 0.00334 e. The average Bonchev–Trinajstić information content (AvgIpc) is 1.36. The van der Waals surface area contributed by atoms with E-state index in [1.807, 2.05) is 13.8 Å². The molecule has 0 saturated heterocycles. The molecule has 1 heteroatoms. The van der Waals surface area contributed by atoms with Crippen LogP contribution in [-0.4, -0.2) is 0 Å². The monoisotopic (exact) mass is 85.1 g/mol. The third kappa shape index (κ3) is 1.82. The first-order valence-corrected chi connectivity index (χ1v) is 2.09. The molecule has 0 spiro atoms. The molecule has 0 atom stereocenters. The second kappa shape index (κ2) is 1.85. The fourth-order valence-electron chi connectivity index (χ4n) is 0. The minimum atomic E-state index is 0.435. The quantitative estimate of drug-likeness (QED) is 0.507. The molecule has 0 aromatic carbocycles. The van der Waals surface area contributed by atoms with Crippen LogP contribution in [0.4, 0.5) is 0 Å². The van der Waals surface area contributed by atoms with Crippen molar-refractivity contribution in [2.45, 2.75) is 13.8 Å². The van der Waals surface area contributed by atoms with Gasteiger partial charge in [0.05, 0.1) is 0 Å².